The minimum atomic E-state index is -0.382. The Labute approximate surface area is 221 Å². The molecule has 5 rings (SSSR count). The number of piperazine rings is 1. The number of carbonyl (C=O) groups is 1. The first-order valence-electron chi connectivity index (χ1n) is 12.6. The minimum Gasteiger partial charge on any atom is -0.495 e. The first-order valence-corrected chi connectivity index (χ1v) is 13.0. The van der Waals surface area contributed by atoms with E-state index in [1.54, 1.807) is 25.3 Å². The van der Waals surface area contributed by atoms with Gasteiger partial charge in [-0.05, 0) is 36.2 Å². The van der Waals surface area contributed by atoms with E-state index < -0.39 is 0 Å². The molecule has 2 aromatic rings. The molecule has 3 aliphatic rings. The molecule has 10 nitrogen and oxygen atoms in total. The van der Waals surface area contributed by atoms with E-state index in [1.807, 2.05) is 18.2 Å². The summed E-state index contributed by atoms with van der Waals surface area (Å²) in [6.07, 6.45) is 0.447. The Bertz CT molecular complexity index is 1160. The molecule has 3 aliphatic heterocycles. The normalized spacial score (nSPS) is 21.7. The van der Waals surface area contributed by atoms with Gasteiger partial charge in [0, 0.05) is 68.7 Å². The number of hydrogen-bond donors (Lipinski definition) is 1. The predicted molar refractivity (Wildman–Crippen MR) is 142 cm³/mol. The van der Waals surface area contributed by atoms with Gasteiger partial charge < -0.3 is 24.6 Å². The zero-order valence-electron chi connectivity index (χ0n) is 20.9. The molecule has 0 unspecified atom stereocenters. The predicted octanol–water partition coefficient (Wildman–Crippen LogP) is 2.57. The van der Waals surface area contributed by atoms with Crippen molar-refractivity contribution >= 4 is 34.6 Å². The first kappa shape index (κ1) is 25.6. The van der Waals surface area contributed by atoms with Crippen LogP contribution in [0.5, 0.6) is 5.75 Å². The molecule has 2 aromatic carbocycles. The third kappa shape index (κ3) is 5.46. The van der Waals surface area contributed by atoms with Crippen molar-refractivity contribution in [3.8, 4) is 5.75 Å². The van der Waals surface area contributed by atoms with Gasteiger partial charge in [0.25, 0.3) is 5.69 Å². The van der Waals surface area contributed by atoms with Gasteiger partial charge in [0.1, 0.15) is 5.75 Å². The molecule has 0 radical (unpaired) electrons. The second kappa shape index (κ2) is 11.1. The summed E-state index contributed by atoms with van der Waals surface area (Å²) in [6, 6.07) is 10.4. The maximum Gasteiger partial charge on any atom is 0.269 e. The van der Waals surface area contributed by atoms with Crippen molar-refractivity contribution in [2.45, 2.75) is 12.5 Å². The maximum absolute atomic E-state index is 13.6. The van der Waals surface area contributed by atoms with Gasteiger partial charge in [-0.1, -0.05) is 11.6 Å². The number of halogens is 1. The SMILES string of the molecule is COc1ccc(Cl)cc1N1CCN2c3ccc([N+](=O)[O-])cc3C[C@H](C(=O)NCCN3CCOCC3)[C@H]2C1. The molecule has 198 valence electrons. The number of nitro groups is 1. The van der Waals surface area contributed by atoms with Crippen LogP contribution in [0.15, 0.2) is 36.4 Å². The number of methoxy groups -OCH3 is 1. The van der Waals surface area contributed by atoms with Crippen LogP contribution in [0, 0.1) is 16.0 Å². The van der Waals surface area contributed by atoms with E-state index >= 15 is 0 Å². The van der Waals surface area contributed by atoms with E-state index in [0.29, 0.717) is 50.8 Å². The molecule has 2 fully saturated rings. The average Bonchev–Trinajstić information content (AvgIpc) is 2.92. The second-order valence-corrected chi connectivity index (χ2v) is 10.1. The number of carbonyl (C=O) groups excluding carboxylic acids is 1. The largest absolute Gasteiger partial charge is 0.495 e. The highest BCUT2D eigenvalue weighted by molar-refractivity contribution is 6.31. The lowest BCUT2D eigenvalue weighted by atomic mass is 9.83. The fraction of sp³-hybridized carbons (Fsp3) is 0.500. The molecule has 1 amide bonds. The van der Waals surface area contributed by atoms with E-state index in [9.17, 15) is 14.9 Å². The molecule has 0 saturated carbocycles. The summed E-state index contributed by atoms with van der Waals surface area (Å²) in [4.78, 5) is 31.4. The Kier molecular flexibility index (Phi) is 7.68. The number of nitrogens with zero attached hydrogens (tertiary/aromatic N) is 4. The van der Waals surface area contributed by atoms with Gasteiger partial charge in [-0.15, -0.1) is 0 Å². The van der Waals surface area contributed by atoms with Crippen molar-refractivity contribution in [1.29, 1.82) is 0 Å². The molecule has 0 bridgehead atoms. The summed E-state index contributed by atoms with van der Waals surface area (Å²) >= 11 is 6.31. The highest BCUT2D eigenvalue weighted by atomic mass is 35.5. The number of nitro benzene ring substituents is 1. The van der Waals surface area contributed by atoms with Crippen LogP contribution in [0.25, 0.3) is 0 Å². The summed E-state index contributed by atoms with van der Waals surface area (Å²) in [5, 5.41) is 15.2. The van der Waals surface area contributed by atoms with E-state index in [0.717, 1.165) is 42.3 Å². The smallest absolute Gasteiger partial charge is 0.269 e. The van der Waals surface area contributed by atoms with Crippen molar-refractivity contribution in [3.05, 3.63) is 57.1 Å². The number of non-ortho nitro benzene ring substituents is 1. The van der Waals surface area contributed by atoms with Gasteiger partial charge in [-0.25, -0.2) is 0 Å². The molecule has 2 saturated heterocycles. The topological polar surface area (TPSA) is 100 Å². The Hall–Kier alpha value is -3.08. The van der Waals surface area contributed by atoms with Crippen LogP contribution in [0.2, 0.25) is 5.02 Å². The zero-order chi connectivity index (χ0) is 25.9. The highest BCUT2D eigenvalue weighted by Crippen LogP contribution is 2.40. The molecule has 0 aliphatic carbocycles. The van der Waals surface area contributed by atoms with E-state index in [4.69, 9.17) is 21.1 Å². The fourth-order valence-electron chi connectivity index (χ4n) is 5.65. The number of benzene rings is 2. The van der Waals surface area contributed by atoms with Crippen LogP contribution in [0.4, 0.5) is 17.1 Å². The van der Waals surface area contributed by atoms with E-state index in [1.165, 1.54) is 0 Å². The second-order valence-electron chi connectivity index (χ2n) is 9.65. The number of nitrogens with one attached hydrogen (secondary N) is 1. The summed E-state index contributed by atoms with van der Waals surface area (Å²) in [6.45, 7) is 6.45. The van der Waals surface area contributed by atoms with Crippen LogP contribution in [-0.2, 0) is 16.0 Å². The Morgan fingerprint density at radius 2 is 1.97 bits per heavy atom. The Balaban J connectivity index is 1.39. The minimum absolute atomic E-state index is 0.0275. The van der Waals surface area contributed by atoms with Crippen LogP contribution in [-0.4, -0.2) is 87.9 Å². The molecule has 1 N–H and O–H groups in total. The first-order chi connectivity index (χ1) is 17.9. The van der Waals surface area contributed by atoms with Gasteiger partial charge >= 0.3 is 0 Å². The third-order valence-electron chi connectivity index (χ3n) is 7.56. The Morgan fingerprint density at radius 1 is 1.16 bits per heavy atom. The standard InChI is InChI=1S/C26H32ClN5O5/c1-36-25-5-2-19(27)16-23(25)30-8-9-31-22-4-3-20(32(34)35)14-18(22)15-21(24(31)17-30)26(33)28-6-7-29-10-12-37-13-11-29/h2-5,14,16,21,24H,6-13,15,17H2,1H3,(H,28,33)/t21-,24+/m0/s1. The fourth-order valence-corrected chi connectivity index (χ4v) is 5.81. The van der Waals surface area contributed by atoms with Crippen molar-refractivity contribution in [2.24, 2.45) is 5.92 Å². The van der Waals surface area contributed by atoms with Crippen molar-refractivity contribution < 1.29 is 19.2 Å². The summed E-state index contributed by atoms with van der Waals surface area (Å²) in [5.41, 5.74) is 2.75. The molecular weight excluding hydrogens is 498 g/mol. The molecule has 3 heterocycles. The molecule has 37 heavy (non-hydrogen) atoms. The lowest BCUT2D eigenvalue weighted by Crippen LogP contribution is -2.61. The van der Waals surface area contributed by atoms with Crippen molar-refractivity contribution in [3.63, 3.8) is 0 Å². The molecule has 2 atom stereocenters. The number of anilines is 2. The van der Waals surface area contributed by atoms with Crippen molar-refractivity contribution in [1.82, 2.24) is 10.2 Å². The molecule has 0 spiro atoms. The van der Waals surface area contributed by atoms with Gasteiger partial charge in [0.2, 0.25) is 5.91 Å². The van der Waals surface area contributed by atoms with E-state index in [2.05, 4.69) is 20.0 Å². The lowest BCUT2D eigenvalue weighted by molar-refractivity contribution is -0.384. The highest BCUT2D eigenvalue weighted by Gasteiger charge is 2.42. The number of ether oxygens (including phenoxy) is 2. The van der Waals surface area contributed by atoms with Gasteiger partial charge in [0.05, 0.1) is 42.9 Å². The van der Waals surface area contributed by atoms with E-state index in [-0.39, 0.29) is 28.5 Å². The summed E-state index contributed by atoms with van der Waals surface area (Å²) in [5.74, 6) is 0.351. The molecule has 0 aromatic heterocycles. The van der Waals surface area contributed by atoms with Gasteiger partial charge in [-0.2, -0.15) is 0 Å². The lowest BCUT2D eigenvalue weighted by Gasteiger charge is -2.49. The van der Waals surface area contributed by atoms with Crippen LogP contribution in [0.1, 0.15) is 5.56 Å². The number of amides is 1. The number of morpholine rings is 1. The zero-order valence-corrected chi connectivity index (χ0v) is 21.7. The molecular formula is C26H32ClN5O5. The number of rotatable bonds is 7. The maximum atomic E-state index is 13.6. The quantitative estimate of drug-likeness (QED) is 0.431. The molecule has 11 heteroatoms. The van der Waals surface area contributed by atoms with Crippen molar-refractivity contribution in [2.75, 3.05) is 75.9 Å². The van der Waals surface area contributed by atoms with Crippen LogP contribution < -0.4 is 19.9 Å². The van der Waals surface area contributed by atoms with Crippen LogP contribution in [0.3, 0.4) is 0 Å². The number of fused-ring (bicyclic) bond motifs is 3. The van der Waals surface area contributed by atoms with Gasteiger partial charge in [-0.3, -0.25) is 19.8 Å². The van der Waals surface area contributed by atoms with Crippen LogP contribution >= 0.6 is 11.6 Å². The Morgan fingerprint density at radius 3 is 2.73 bits per heavy atom. The average molecular weight is 530 g/mol. The third-order valence-corrected chi connectivity index (χ3v) is 7.79. The summed E-state index contributed by atoms with van der Waals surface area (Å²) < 4.78 is 11.0. The number of hydrogen-bond acceptors (Lipinski definition) is 8. The van der Waals surface area contributed by atoms with Gasteiger partial charge in [0.15, 0.2) is 0 Å². The summed E-state index contributed by atoms with van der Waals surface area (Å²) in [7, 11) is 1.64. The monoisotopic (exact) mass is 529 g/mol.